The van der Waals surface area contributed by atoms with E-state index in [0.717, 1.165) is 33.5 Å². The van der Waals surface area contributed by atoms with Gasteiger partial charge in [-0.2, -0.15) is 4.91 Å². The van der Waals surface area contributed by atoms with Gasteiger partial charge in [-0.25, -0.2) is 0 Å². The van der Waals surface area contributed by atoms with Crippen LogP contribution in [0.1, 0.15) is 51.9 Å². The fraction of sp³-hybridized carbons (Fsp3) is 0.250. The van der Waals surface area contributed by atoms with Gasteiger partial charge in [-0.3, -0.25) is 9.78 Å². The lowest BCUT2D eigenvalue weighted by Crippen LogP contribution is -2.10. The van der Waals surface area contributed by atoms with Crippen LogP contribution in [0.25, 0.3) is 0 Å². The van der Waals surface area contributed by atoms with Crippen LogP contribution in [-0.2, 0) is 11.2 Å². The van der Waals surface area contributed by atoms with Crippen molar-refractivity contribution in [2.24, 2.45) is 5.18 Å². The molecule has 0 amide bonds. The average molecular weight is 388 g/mol. The molecule has 148 valence electrons. The number of rotatable bonds is 8. The number of carbonyl (C=O) groups is 1. The van der Waals surface area contributed by atoms with Crippen LogP contribution in [0.4, 0.5) is 0 Å². The average Bonchev–Trinajstić information content (AvgIpc) is 2.69. The Bertz CT molecular complexity index is 1020. The maximum Gasteiger partial charge on any atom is 0.307 e. The Labute approximate surface area is 170 Å². The molecule has 2 aromatic carbocycles. The molecular formula is C24H24N2O3. The summed E-state index contributed by atoms with van der Waals surface area (Å²) < 4.78 is 0. The number of nitrogens with zero attached hydrogens (tertiary/aromatic N) is 2. The molecule has 5 nitrogen and oxygen atoms in total. The Morgan fingerprint density at radius 3 is 2.52 bits per heavy atom. The molecular weight excluding hydrogens is 364 g/mol. The molecule has 0 spiro atoms. The normalized spacial score (nSPS) is 12.9. The van der Waals surface area contributed by atoms with E-state index in [1.807, 2.05) is 68.4 Å². The standard InChI is InChI=1S/C24H24N2O3/c1-16-6-3-4-9-21(16)22(19-8-5-7-18(13-19)14-24(27)28)15-23(26-29)20-10-11-25-17(2)12-20/h3-13,22-23H,14-15H2,1-2H3,(H,27,28). The molecule has 1 heterocycles. The highest BCUT2D eigenvalue weighted by Gasteiger charge is 2.24. The quantitative estimate of drug-likeness (QED) is 0.527. The first-order valence-corrected chi connectivity index (χ1v) is 9.59. The second kappa shape index (κ2) is 9.24. The molecule has 3 aromatic rings. The minimum atomic E-state index is -0.866. The molecule has 0 aliphatic heterocycles. The van der Waals surface area contributed by atoms with Gasteiger partial charge in [0, 0.05) is 17.8 Å². The van der Waals surface area contributed by atoms with Gasteiger partial charge in [0.15, 0.2) is 0 Å². The van der Waals surface area contributed by atoms with Crippen molar-refractivity contribution >= 4 is 5.97 Å². The number of nitroso groups, excluding NO2 is 1. The van der Waals surface area contributed by atoms with Crippen LogP contribution in [0.5, 0.6) is 0 Å². The number of carboxylic acid groups (broad SMARTS) is 1. The van der Waals surface area contributed by atoms with Crippen molar-refractivity contribution in [3.8, 4) is 0 Å². The Hall–Kier alpha value is -3.34. The molecule has 2 unspecified atom stereocenters. The second-order valence-electron chi connectivity index (χ2n) is 7.31. The fourth-order valence-corrected chi connectivity index (χ4v) is 3.75. The monoisotopic (exact) mass is 388 g/mol. The number of pyridine rings is 1. The molecule has 0 saturated heterocycles. The zero-order valence-electron chi connectivity index (χ0n) is 16.6. The van der Waals surface area contributed by atoms with Crippen LogP contribution in [0.2, 0.25) is 0 Å². The number of aromatic nitrogens is 1. The maximum atomic E-state index is 11.8. The van der Waals surface area contributed by atoms with Crippen molar-refractivity contribution in [3.63, 3.8) is 0 Å². The van der Waals surface area contributed by atoms with Crippen LogP contribution in [-0.4, -0.2) is 16.1 Å². The topological polar surface area (TPSA) is 79.6 Å². The van der Waals surface area contributed by atoms with Gasteiger partial charge in [-0.05, 0) is 60.2 Å². The minimum Gasteiger partial charge on any atom is -0.481 e. The van der Waals surface area contributed by atoms with Crippen molar-refractivity contribution in [2.45, 2.75) is 38.6 Å². The Balaban J connectivity index is 2.03. The van der Waals surface area contributed by atoms with E-state index < -0.39 is 12.0 Å². The van der Waals surface area contributed by atoms with E-state index in [1.54, 1.807) is 6.20 Å². The highest BCUT2D eigenvalue weighted by Crippen LogP contribution is 2.37. The summed E-state index contributed by atoms with van der Waals surface area (Å²) in [6.07, 6.45) is 2.15. The van der Waals surface area contributed by atoms with Crippen LogP contribution in [0, 0.1) is 18.8 Å². The molecule has 0 aliphatic carbocycles. The van der Waals surface area contributed by atoms with Crippen LogP contribution in [0.3, 0.4) is 0 Å². The molecule has 0 radical (unpaired) electrons. The first-order chi connectivity index (χ1) is 14.0. The molecule has 0 bridgehead atoms. The third kappa shape index (κ3) is 5.13. The Morgan fingerprint density at radius 2 is 1.83 bits per heavy atom. The SMILES string of the molecule is Cc1cc(C(CC(c2cccc(CC(=O)O)c2)c2ccccc2C)N=O)ccn1. The molecule has 0 aliphatic rings. The summed E-state index contributed by atoms with van der Waals surface area (Å²) in [5.74, 6) is -0.949. The Morgan fingerprint density at radius 1 is 1.03 bits per heavy atom. The lowest BCUT2D eigenvalue weighted by Gasteiger charge is -2.23. The number of hydrogen-bond donors (Lipinski definition) is 1. The van der Waals surface area contributed by atoms with Gasteiger partial charge in [-0.1, -0.05) is 53.7 Å². The zero-order chi connectivity index (χ0) is 20.8. The molecule has 1 N–H and O–H groups in total. The van der Waals surface area contributed by atoms with Crippen LogP contribution in [0.15, 0.2) is 72.0 Å². The van der Waals surface area contributed by atoms with E-state index in [9.17, 15) is 9.70 Å². The number of carboxylic acids is 1. The Kier molecular flexibility index (Phi) is 6.50. The van der Waals surface area contributed by atoms with Gasteiger partial charge >= 0.3 is 5.97 Å². The predicted molar refractivity (Wildman–Crippen MR) is 113 cm³/mol. The summed E-state index contributed by atoms with van der Waals surface area (Å²) in [5, 5.41) is 12.6. The summed E-state index contributed by atoms with van der Waals surface area (Å²) in [4.78, 5) is 27.1. The van der Waals surface area contributed by atoms with Crippen molar-refractivity contribution in [1.82, 2.24) is 4.98 Å². The van der Waals surface area contributed by atoms with Gasteiger partial charge in [0.25, 0.3) is 0 Å². The second-order valence-corrected chi connectivity index (χ2v) is 7.31. The van der Waals surface area contributed by atoms with Crippen LogP contribution < -0.4 is 0 Å². The van der Waals surface area contributed by atoms with Crippen LogP contribution >= 0.6 is 0 Å². The smallest absolute Gasteiger partial charge is 0.307 e. The highest BCUT2D eigenvalue weighted by atomic mass is 16.4. The maximum absolute atomic E-state index is 11.8. The van der Waals surface area contributed by atoms with Gasteiger partial charge in [0.1, 0.15) is 6.04 Å². The number of aryl methyl sites for hydroxylation is 2. The minimum absolute atomic E-state index is 0.0345. The van der Waals surface area contributed by atoms with E-state index in [-0.39, 0.29) is 12.3 Å². The van der Waals surface area contributed by atoms with E-state index in [4.69, 9.17) is 5.11 Å². The molecule has 3 rings (SSSR count). The first-order valence-electron chi connectivity index (χ1n) is 9.59. The van der Waals surface area contributed by atoms with Gasteiger partial charge in [0.05, 0.1) is 6.42 Å². The van der Waals surface area contributed by atoms with E-state index >= 15 is 0 Å². The lowest BCUT2D eigenvalue weighted by atomic mass is 9.82. The molecule has 29 heavy (non-hydrogen) atoms. The van der Waals surface area contributed by atoms with Crippen molar-refractivity contribution in [3.05, 3.63) is 105 Å². The van der Waals surface area contributed by atoms with Gasteiger partial charge in [-0.15, -0.1) is 0 Å². The van der Waals surface area contributed by atoms with Crippen molar-refractivity contribution in [2.75, 3.05) is 0 Å². The molecule has 0 fully saturated rings. The summed E-state index contributed by atoms with van der Waals surface area (Å²) in [6.45, 7) is 3.93. The number of hydrogen-bond acceptors (Lipinski definition) is 4. The largest absolute Gasteiger partial charge is 0.481 e. The molecule has 1 aromatic heterocycles. The number of benzene rings is 2. The van der Waals surface area contributed by atoms with Gasteiger partial charge < -0.3 is 5.11 Å². The summed E-state index contributed by atoms with van der Waals surface area (Å²) in [7, 11) is 0. The van der Waals surface area contributed by atoms with Crippen molar-refractivity contribution in [1.29, 1.82) is 0 Å². The van der Waals surface area contributed by atoms with E-state index in [1.165, 1.54) is 0 Å². The molecule has 2 atom stereocenters. The summed E-state index contributed by atoms with van der Waals surface area (Å²) in [6, 6.07) is 18.9. The number of aliphatic carboxylic acids is 1. The third-order valence-electron chi connectivity index (χ3n) is 5.16. The first kappa shape index (κ1) is 20.4. The lowest BCUT2D eigenvalue weighted by molar-refractivity contribution is -0.136. The summed E-state index contributed by atoms with van der Waals surface area (Å²) >= 11 is 0. The predicted octanol–water partition coefficient (Wildman–Crippen LogP) is 5.36. The fourth-order valence-electron chi connectivity index (χ4n) is 3.75. The molecule has 0 saturated carbocycles. The van der Waals surface area contributed by atoms with Crippen molar-refractivity contribution < 1.29 is 9.90 Å². The van der Waals surface area contributed by atoms with E-state index in [0.29, 0.717) is 6.42 Å². The highest BCUT2D eigenvalue weighted by molar-refractivity contribution is 5.70. The molecule has 5 heteroatoms. The van der Waals surface area contributed by atoms with E-state index in [2.05, 4.69) is 16.2 Å². The summed E-state index contributed by atoms with van der Waals surface area (Å²) in [5.41, 5.74) is 5.64. The zero-order valence-corrected chi connectivity index (χ0v) is 16.6. The third-order valence-corrected chi connectivity index (χ3v) is 5.16. The van der Waals surface area contributed by atoms with Gasteiger partial charge in [0.2, 0.25) is 0 Å².